The Kier molecular flexibility index (Phi) is 5.05. The average Bonchev–Trinajstić information content (AvgIpc) is 2.73. The van der Waals surface area contributed by atoms with Crippen molar-refractivity contribution in [3.05, 3.63) is 41.7 Å². The molecule has 1 fully saturated rings. The molecule has 28 heavy (non-hydrogen) atoms. The second-order valence-corrected chi connectivity index (χ2v) is 6.90. The molecular formula is C19H20BN5O3. The van der Waals surface area contributed by atoms with Gasteiger partial charge in [-0.2, -0.15) is 5.10 Å². The lowest BCUT2D eigenvalue weighted by molar-refractivity contribution is 0.102. The smallest absolute Gasteiger partial charge is 0.258 e. The van der Waals surface area contributed by atoms with Crippen molar-refractivity contribution in [3.63, 3.8) is 0 Å². The lowest BCUT2D eigenvalue weighted by Gasteiger charge is -2.22. The molecule has 1 saturated heterocycles. The Morgan fingerprint density at radius 3 is 2.82 bits per heavy atom. The van der Waals surface area contributed by atoms with Gasteiger partial charge in [-0.15, -0.1) is 5.10 Å². The largest absolute Gasteiger partial charge is 0.494 e. The summed E-state index contributed by atoms with van der Waals surface area (Å²) in [5.74, 6) is 0.606. The van der Waals surface area contributed by atoms with E-state index in [2.05, 4.69) is 31.5 Å². The molecule has 0 saturated carbocycles. The number of hydrogen-bond acceptors (Lipinski definition) is 7. The summed E-state index contributed by atoms with van der Waals surface area (Å²) in [6, 6.07) is 5.23. The standard InChI is InChI=1S/C19H20BN5O3/c1-28-14-3-2-13(11-4-6-20-7-5-11)17-18(14)23-15(10-21-17)24-19(27)12-8-16(26)25-22-9-12/h2-3,8-11,20H,4-7H2,1H3,(H,25,26)(H,23,24,27). The summed E-state index contributed by atoms with van der Waals surface area (Å²) in [7, 11) is 2.87. The number of aromatic nitrogens is 4. The van der Waals surface area contributed by atoms with Crippen LogP contribution in [0.3, 0.4) is 0 Å². The Balaban J connectivity index is 1.68. The van der Waals surface area contributed by atoms with Crippen molar-refractivity contribution >= 4 is 30.0 Å². The first-order valence-corrected chi connectivity index (χ1v) is 9.32. The Labute approximate surface area is 162 Å². The maximum absolute atomic E-state index is 12.4. The second kappa shape index (κ2) is 7.79. The van der Waals surface area contributed by atoms with Crippen molar-refractivity contribution < 1.29 is 14.6 Å². The molecule has 1 amide bonds. The van der Waals surface area contributed by atoms with Gasteiger partial charge in [-0.25, -0.2) is 4.98 Å². The molecule has 0 spiro atoms. The van der Waals surface area contributed by atoms with Crippen molar-refractivity contribution in [3.8, 4) is 11.6 Å². The minimum atomic E-state index is -0.457. The van der Waals surface area contributed by atoms with Gasteiger partial charge in [0.1, 0.15) is 18.5 Å². The first-order valence-electron chi connectivity index (χ1n) is 9.32. The molecule has 4 rings (SSSR count). The zero-order valence-corrected chi connectivity index (χ0v) is 15.6. The van der Waals surface area contributed by atoms with Crippen molar-refractivity contribution in [2.75, 3.05) is 12.4 Å². The summed E-state index contributed by atoms with van der Waals surface area (Å²) in [5, 5.41) is 19.1. The molecule has 8 nitrogen and oxygen atoms in total. The van der Waals surface area contributed by atoms with Gasteiger partial charge in [-0.05, 0) is 17.5 Å². The predicted molar refractivity (Wildman–Crippen MR) is 106 cm³/mol. The highest BCUT2D eigenvalue weighted by molar-refractivity contribution is 6.35. The summed E-state index contributed by atoms with van der Waals surface area (Å²) in [4.78, 5) is 21.5. The molecule has 0 radical (unpaired) electrons. The van der Waals surface area contributed by atoms with Gasteiger partial charge in [-0.1, -0.05) is 31.5 Å². The highest BCUT2D eigenvalue weighted by Gasteiger charge is 2.21. The second-order valence-electron chi connectivity index (χ2n) is 6.90. The molecule has 0 bridgehead atoms. The molecule has 142 valence electrons. The first-order chi connectivity index (χ1) is 13.7. The van der Waals surface area contributed by atoms with E-state index < -0.39 is 5.91 Å². The fourth-order valence-electron chi connectivity index (χ4n) is 3.73. The zero-order valence-electron chi connectivity index (χ0n) is 15.6. The maximum Gasteiger partial charge on any atom is 0.258 e. The minimum absolute atomic E-state index is 0.178. The van der Waals surface area contributed by atoms with Gasteiger partial charge >= 0.3 is 0 Å². The van der Waals surface area contributed by atoms with Crippen molar-refractivity contribution in [2.24, 2.45) is 0 Å². The molecule has 1 aliphatic heterocycles. The van der Waals surface area contributed by atoms with Crippen molar-refractivity contribution in [1.82, 2.24) is 20.2 Å². The number of carbonyl (C=O) groups is 1. The Bertz CT molecular complexity index is 1020. The van der Waals surface area contributed by atoms with Gasteiger partial charge in [0, 0.05) is 6.07 Å². The first kappa shape index (κ1) is 18.2. The van der Waals surface area contributed by atoms with E-state index in [1.165, 1.54) is 37.7 Å². The van der Waals surface area contributed by atoms with Crippen LogP contribution in [0, 0.1) is 0 Å². The van der Waals surface area contributed by atoms with Gasteiger partial charge in [-0.3, -0.25) is 9.78 Å². The van der Waals surface area contributed by atoms with E-state index in [1.807, 2.05) is 6.07 Å². The third-order valence-corrected chi connectivity index (χ3v) is 5.10. The number of anilines is 1. The lowest BCUT2D eigenvalue weighted by Crippen LogP contribution is -2.14. The summed E-state index contributed by atoms with van der Waals surface area (Å²) in [5.41, 5.74) is 2.80. The summed E-state index contributed by atoms with van der Waals surface area (Å²) in [6.45, 7) is 0. The van der Waals surface area contributed by atoms with E-state index in [0.29, 0.717) is 23.0 Å². The number of benzene rings is 1. The lowest BCUT2D eigenvalue weighted by atomic mass is 9.60. The molecule has 1 aromatic carbocycles. The number of fused-ring (bicyclic) bond motifs is 1. The topological polar surface area (TPSA) is 110 Å². The normalized spacial score (nSPS) is 14.5. The Hall–Kier alpha value is -3.23. The van der Waals surface area contributed by atoms with Crippen LogP contribution < -0.4 is 10.1 Å². The van der Waals surface area contributed by atoms with Gasteiger partial charge < -0.3 is 15.2 Å². The molecule has 9 heteroatoms. The van der Waals surface area contributed by atoms with E-state index in [1.54, 1.807) is 13.3 Å². The molecule has 2 aromatic heterocycles. The Morgan fingerprint density at radius 2 is 2.07 bits per heavy atom. The number of nitrogens with one attached hydrogen (secondary N) is 1. The fourth-order valence-corrected chi connectivity index (χ4v) is 3.73. The molecule has 0 atom stereocenters. The number of aromatic hydroxyl groups is 1. The highest BCUT2D eigenvalue weighted by Crippen LogP contribution is 2.37. The van der Waals surface area contributed by atoms with Crippen LogP contribution in [0.1, 0.15) is 34.7 Å². The van der Waals surface area contributed by atoms with Crippen LogP contribution in [-0.4, -0.2) is 45.6 Å². The van der Waals surface area contributed by atoms with Gasteiger partial charge in [0.2, 0.25) is 5.88 Å². The van der Waals surface area contributed by atoms with E-state index >= 15 is 0 Å². The van der Waals surface area contributed by atoms with E-state index in [0.717, 1.165) is 18.4 Å². The molecule has 3 heterocycles. The third kappa shape index (κ3) is 3.60. The van der Waals surface area contributed by atoms with Crippen LogP contribution in [-0.2, 0) is 0 Å². The van der Waals surface area contributed by atoms with E-state index in [4.69, 9.17) is 4.74 Å². The number of rotatable bonds is 4. The Morgan fingerprint density at radius 1 is 1.25 bits per heavy atom. The quantitative estimate of drug-likeness (QED) is 0.673. The number of ether oxygens (including phenoxy) is 1. The maximum atomic E-state index is 12.4. The summed E-state index contributed by atoms with van der Waals surface area (Å²) >= 11 is 0. The van der Waals surface area contributed by atoms with Crippen LogP contribution in [0.4, 0.5) is 5.82 Å². The fraction of sp³-hybridized carbons (Fsp3) is 0.316. The molecule has 3 aromatic rings. The van der Waals surface area contributed by atoms with Crippen LogP contribution >= 0.6 is 0 Å². The van der Waals surface area contributed by atoms with Crippen molar-refractivity contribution in [2.45, 2.75) is 31.4 Å². The van der Waals surface area contributed by atoms with Crippen LogP contribution in [0.15, 0.2) is 30.6 Å². The van der Waals surface area contributed by atoms with Crippen LogP contribution in [0.2, 0.25) is 12.6 Å². The summed E-state index contributed by atoms with van der Waals surface area (Å²) < 4.78 is 5.46. The predicted octanol–water partition coefficient (Wildman–Crippen LogP) is 2.54. The average molecular weight is 377 g/mol. The van der Waals surface area contributed by atoms with E-state index in [9.17, 15) is 9.90 Å². The highest BCUT2D eigenvalue weighted by atomic mass is 16.5. The van der Waals surface area contributed by atoms with Crippen LogP contribution in [0.25, 0.3) is 11.0 Å². The SMILES string of the molecule is COc1ccc(C2CCBCC2)c2ncc(NC(=O)c3cnnc(O)c3)nc12. The van der Waals surface area contributed by atoms with Crippen LogP contribution in [0.5, 0.6) is 11.6 Å². The molecule has 1 aliphatic rings. The number of hydrogen-bond donors (Lipinski definition) is 2. The van der Waals surface area contributed by atoms with Gasteiger partial charge in [0.25, 0.3) is 5.91 Å². The van der Waals surface area contributed by atoms with Crippen molar-refractivity contribution in [1.29, 1.82) is 0 Å². The number of carbonyl (C=O) groups excluding carboxylic acids is 1. The number of amides is 1. The molecule has 0 unspecified atom stereocenters. The zero-order chi connectivity index (χ0) is 19.5. The monoisotopic (exact) mass is 377 g/mol. The summed E-state index contributed by atoms with van der Waals surface area (Å²) in [6.07, 6.45) is 7.57. The molecular weight excluding hydrogens is 357 g/mol. The number of nitrogens with zero attached hydrogens (tertiary/aromatic N) is 4. The van der Waals surface area contributed by atoms with Gasteiger partial charge in [0.05, 0.1) is 30.6 Å². The molecule has 0 aliphatic carbocycles. The molecule has 2 N–H and O–H groups in total. The van der Waals surface area contributed by atoms with Gasteiger partial charge in [0.15, 0.2) is 5.82 Å². The third-order valence-electron chi connectivity index (χ3n) is 5.10. The minimum Gasteiger partial charge on any atom is -0.494 e. The van der Waals surface area contributed by atoms with E-state index in [-0.39, 0.29) is 11.4 Å². The number of methoxy groups -OCH3 is 1.